The summed E-state index contributed by atoms with van der Waals surface area (Å²) in [5.74, 6) is -9.73. The first kappa shape index (κ1) is 77.9. The Morgan fingerprint density at radius 1 is 0.664 bits per heavy atom. The zero-order valence-electron chi connectivity index (χ0n) is 63.1. The number of carbonyl (C=O) groups is 8. The predicted molar refractivity (Wildman–Crippen MR) is 415 cm³/mol. The average molecular weight is 1590 g/mol. The van der Waals surface area contributed by atoms with E-state index in [0.29, 0.717) is 39.0 Å². The summed E-state index contributed by atoms with van der Waals surface area (Å²) >= 11 is 14.6. The number of halogens is 2. The molecule has 0 bridgehead atoms. The number of hydrogen-bond donors (Lipinski definition) is 12. The van der Waals surface area contributed by atoms with Crippen LogP contribution in [0.2, 0.25) is 10.0 Å². The highest BCUT2D eigenvalue weighted by Crippen LogP contribution is 2.56. The second kappa shape index (κ2) is 31.2. The molecule has 0 aromatic heterocycles. The molecule has 5 aliphatic carbocycles. The van der Waals surface area contributed by atoms with Crippen LogP contribution in [0, 0.1) is 17.8 Å². The summed E-state index contributed by atoms with van der Waals surface area (Å²) in [6.07, 6.45) is 13.3. The van der Waals surface area contributed by atoms with Crippen molar-refractivity contribution in [1.29, 1.82) is 0 Å². The number of nitrogens with one attached hydrogen (secondary N) is 5. The molecule has 13 aliphatic rings. The van der Waals surface area contributed by atoms with Crippen molar-refractivity contribution in [3.8, 4) is 5.75 Å². The number of allylic oxidation sites excluding steroid dienone is 4. The standard InChI is InChI=1S/C84H90Cl2N8O19/c1-38-48-16-14-46(96)28-63(48)110-81(106)53(38)32-66(100)90-35-45-27-62(98)59(36-91-67(101)33-54-39(2)49-17-15-47(97)29-64(49)111-82(54)107)78(109-41(4)95)84(45,5)92-37-60-74(102)44(34-87)26-52-40(3)55(83(108)113-77(52)60)31-65(99)88-18-19-89-79(103)58-30-61(85)69(70(71(58)86)80(104)105)68-56-24-42-10-6-20-93-22-8-12-50(72(42)93)75(56)112-76-51-13-9-23-94-21-7-11-43(73(51)94)25-57(68)76/h14-17,24-30,41,53-55,63-64,75,77-78,92,95-98,102H,6-13,18-23,31-37,87H2,1-5H3,(H,88,99)(H,89,103)(H,90,100)(H,91,101)(H,104,105). The summed E-state index contributed by atoms with van der Waals surface area (Å²) in [7, 11) is 0. The highest BCUT2D eigenvalue weighted by Gasteiger charge is 2.50. The molecule has 15 rings (SSSR count). The fourth-order valence-corrected chi connectivity index (χ4v) is 19.0. The molecule has 27 nitrogen and oxygen atoms in total. The molecule has 2 aromatic carbocycles. The van der Waals surface area contributed by atoms with Crippen LogP contribution in [0.1, 0.15) is 135 Å². The Bertz CT molecular complexity index is 5020. The minimum atomic E-state index is -1.66. The van der Waals surface area contributed by atoms with Crippen molar-refractivity contribution in [3.05, 3.63) is 211 Å². The lowest BCUT2D eigenvalue weighted by molar-refractivity contribution is -0.153. The molecular formula is C84H90Cl2N8O19. The zero-order valence-corrected chi connectivity index (χ0v) is 64.6. The van der Waals surface area contributed by atoms with Gasteiger partial charge in [-0.1, -0.05) is 52.1 Å². The van der Waals surface area contributed by atoms with Crippen LogP contribution in [0.15, 0.2) is 168 Å². The summed E-state index contributed by atoms with van der Waals surface area (Å²) in [6, 6.07) is 3.53. The maximum Gasteiger partial charge on any atom is 0.337 e. The molecule has 1 fully saturated rings. The number of aryl methyl sites for hydroxylation is 1. The van der Waals surface area contributed by atoms with E-state index in [9.17, 15) is 69.0 Å². The molecule has 0 radical (unpaired) electrons. The van der Waals surface area contributed by atoms with Crippen LogP contribution in [0.5, 0.6) is 5.75 Å². The number of fused-ring (bicyclic) bond motifs is 7. The Balaban J connectivity index is 0.648. The number of rotatable bonds is 22. The van der Waals surface area contributed by atoms with Crippen molar-refractivity contribution in [3.63, 3.8) is 0 Å². The van der Waals surface area contributed by atoms with E-state index >= 15 is 0 Å². The monoisotopic (exact) mass is 1580 g/mol. The van der Waals surface area contributed by atoms with Crippen LogP contribution in [-0.2, 0) is 60.6 Å². The van der Waals surface area contributed by atoms with E-state index in [1.54, 1.807) is 45.9 Å². The van der Waals surface area contributed by atoms with Gasteiger partial charge in [-0.25, -0.2) is 4.79 Å². The minimum Gasteiger partial charge on any atom is -0.508 e. The lowest BCUT2D eigenvalue weighted by Gasteiger charge is -2.46. The van der Waals surface area contributed by atoms with Crippen LogP contribution in [-0.4, -0.2) is 191 Å². The van der Waals surface area contributed by atoms with E-state index in [1.165, 1.54) is 65.9 Å². The molecule has 29 heteroatoms. The van der Waals surface area contributed by atoms with Crippen LogP contribution < -0.4 is 42.0 Å². The first-order chi connectivity index (χ1) is 54.1. The Morgan fingerprint density at radius 2 is 1.25 bits per heavy atom. The molecule has 13 N–H and O–H groups in total. The molecule has 594 valence electrons. The van der Waals surface area contributed by atoms with Gasteiger partial charge in [0, 0.05) is 153 Å². The van der Waals surface area contributed by atoms with Crippen LogP contribution in [0.25, 0.3) is 5.57 Å². The third-order valence-electron chi connectivity index (χ3n) is 24.2. The summed E-state index contributed by atoms with van der Waals surface area (Å²) in [5, 5.41) is 80.9. The van der Waals surface area contributed by atoms with E-state index in [2.05, 4.69) is 48.5 Å². The van der Waals surface area contributed by atoms with Gasteiger partial charge in [-0.05, 0) is 168 Å². The normalized spacial score (nSPS) is 26.3. The van der Waals surface area contributed by atoms with Crippen LogP contribution >= 0.6 is 23.2 Å². The van der Waals surface area contributed by atoms with Crippen molar-refractivity contribution < 1.29 is 92.7 Å². The van der Waals surface area contributed by atoms with Gasteiger partial charge in [0.25, 0.3) is 5.91 Å². The molecule has 8 aliphatic heterocycles. The molecule has 113 heavy (non-hydrogen) atoms. The van der Waals surface area contributed by atoms with Crippen molar-refractivity contribution in [2.24, 2.45) is 23.5 Å². The van der Waals surface area contributed by atoms with Gasteiger partial charge in [0.15, 0.2) is 12.4 Å². The summed E-state index contributed by atoms with van der Waals surface area (Å²) in [6.45, 7) is 10.0. The number of piperidine rings is 1. The quantitative estimate of drug-likeness (QED) is 0.0228. The van der Waals surface area contributed by atoms with E-state index in [-0.39, 0.29) is 112 Å². The number of anilines is 1. The van der Waals surface area contributed by atoms with E-state index in [4.69, 9.17) is 52.6 Å². The second-order valence-corrected chi connectivity index (χ2v) is 31.8. The van der Waals surface area contributed by atoms with Gasteiger partial charge < -0.3 is 96.4 Å². The lowest BCUT2D eigenvalue weighted by Crippen LogP contribution is -2.61. The molecule has 1 saturated heterocycles. The summed E-state index contributed by atoms with van der Waals surface area (Å²) < 4.78 is 30.9. The fourth-order valence-electron chi connectivity index (χ4n) is 18.4. The highest BCUT2D eigenvalue weighted by molar-refractivity contribution is 6.40. The molecule has 2 aromatic rings. The smallest absolute Gasteiger partial charge is 0.337 e. The number of nitrogens with zero attached hydrogens (tertiary/aromatic N) is 2. The predicted octanol–water partition coefficient (Wildman–Crippen LogP) is 8.42. The molecule has 0 saturated carbocycles. The third-order valence-corrected chi connectivity index (χ3v) is 24.9. The summed E-state index contributed by atoms with van der Waals surface area (Å²) in [5.41, 5.74) is 17.0. The SMILES string of the molecule is CC1=C2C=CC(O)=CC2OC(=O)C1CC(=O)NCC1=CC(O)=C(CNC(=O)CC2C(=O)OC3C=C(O)C=CC3=C2C)C(OC(C)O)C1(C)NCC1=C(O)C(CN)=CC2=C(C)C(CC(=O)NCCNC(=O)c3cc(Cl)c(C4=C5C=C6CCCN7CCCC(=C67)C5Oc5c4cc4c6c5CCCN6CCC4)c(C(=O)O)c3Cl)C(=O)OC21. The van der Waals surface area contributed by atoms with Crippen molar-refractivity contribution in [2.45, 2.75) is 148 Å². The molecule has 10 unspecified atom stereocenters. The number of esters is 3. The Labute approximate surface area is 661 Å². The number of nitrogens with two attached hydrogens (primary N) is 1. The average Bonchev–Trinajstić information content (AvgIpc) is 0.703. The van der Waals surface area contributed by atoms with Crippen molar-refractivity contribution in [2.75, 3.05) is 70.3 Å². The molecule has 10 atom stereocenters. The maximum atomic E-state index is 14.4. The van der Waals surface area contributed by atoms with Gasteiger partial charge >= 0.3 is 23.9 Å². The van der Waals surface area contributed by atoms with E-state index in [1.807, 2.05) is 0 Å². The number of aliphatic hydroxyl groups excluding tert-OH is 5. The zero-order chi connectivity index (χ0) is 79.9. The number of aromatic carboxylic acids is 1. The van der Waals surface area contributed by atoms with Crippen molar-refractivity contribution in [1.82, 2.24) is 31.5 Å². The fraction of sp³-hybridized carbons (Fsp3) is 0.429. The second-order valence-electron chi connectivity index (χ2n) is 31.0. The van der Waals surface area contributed by atoms with E-state index < -0.39 is 126 Å². The molecule has 4 amide bonds. The van der Waals surface area contributed by atoms with Gasteiger partial charge in [0.05, 0.1) is 44.5 Å². The number of carboxylic acids is 1. The van der Waals surface area contributed by atoms with Gasteiger partial charge in [-0.2, -0.15) is 0 Å². The number of hydrogen-bond acceptors (Lipinski definition) is 22. The number of amides is 4. The van der Waals surface area contributed by atoms with Crippen molar-refractivity contribution >= 4 is 82.0 Å². The topological polar surface area (TPSA) is 397 Å². The number of carbonyl (C=O) groups excluding carboxylic acids is 7. The minimum absolute atomic E-state index is 0.000997. The first-order valence-corrected chi connectivity index (χ1v) is 39.2. The highest BCUT2D eigenvalue weighted by atomic mass is 35.5. The molecule has 8 heterocycles. The van der Waals surface area contributed by atoms with Crippen LogP contribution in [0.3, 0.4) is 0 Å². The third kappa shape index (κ3) is 14.4. The molecular weight excluding hydrogens is 1500 g/mol. The number of aliphatic hydroxyl groups is 5. The van der Waals surface area contributed by atoms with Gasteiger partial charge in [-0.15, -0.1) is 0 Å². The number of ether oxygens (including phenoxy) is 5. The van der Waals surface area contributed by atoms with Crippen LogP contribution in [0.4, 0.5) is 5.69 Å². The number of carboxylic acid groups (broad SMARTS) is 1. The molecule has 0 spiro atoms. The van der Waals surface area contributed by atoms with E-state index in [0.717, 1.165) is 106 Å². The van der Waals surface area contributed by atoms with Gasteiger partial charge in [0.2, 0.25) is 17.7 Å². The maximum absolute atomic E-state index is 14.4. The Morgan fingerprint density at radius 3 is 1.88 bits per heavy atom. The van der Waals surface area contributed by atoms with Gasteiger partial charge in [-0.3, -0.25) is 33.6 Å². The Kier molecular flexibility index (Phi) is 21.5. The largest absolute Gasteiger partial charge is 0.508 e. The summed E-state index contributed by atoms with van der Waals surface area (Å²) in [4.78, 5) is 116. The lowest BCUT2D eigenvalue weighted by atomic mass is 9.74. The first-order valence-electron chi connectivity index (χ1n) is 38.4. The number of benzene rings is 2. The van der Waals surface area contributed by atoms with Gasteiger partial charge in [0.1, 0.15) is 53.2 Å². The Hall–Kier alpha value is -10.4.